The lowest BCUT2D eigenvalue weighted by Crippen LogP contribution is -2.30. The molecule has 3 aromatic rings. The summed E-state index contributed by atoms with van der Waals surface area (Å²) >= 11 is 5.94. The lowest BCUT2D eigenvalue weighted by atomic mass is 10.0. The molecule has 1 aromatic heterocycles. The molecule has 1 atom stereocenters. The Labute approximate surface area is 167 Å². The predicted octanol–water partition coefficient (Wildman–Crippen LogP) is 4.56. The number of ether oxygens (including phenoxy) is 1. The standard InChI is InChI=1S/C22H19ClN2O3/c1-13(21(26)24-15-7-4-6-14(23)12-15)28-22(27)20-16-8-2-3-10-18(16)25-19-11-5-9-17(19)20/h2-4,6-8,10,12-13H,5,9,11H2,1H3,(H,24,26). The number of amides is 1. The number of aromatic nitrogens is 1. The van der Waals surface area contributed by atoms with Gasteiger partial charge in [0.15, 0.2) is 6.10 Å². The number of benzene rings is 2. The third-order valence-electron chi connectivity index (χ3n) is 4.87. The van der Waals surface area contributed by atoms with E-state index in [2.05, 4.69) is 10.3 Å². The second-order valence-corrected chi connectivity index (χ2v) is 7.27. The van der Waals surface area contributed by atoms with Crippen LogP contribution in [0.25, 0.3) is 10.9 Å². The summed E-state index contributed by atoms with van der Waals surface area (Å²) in [6.07, 6.45) is 1.66. The van der Waals surface area contributed by atoms with Gasteiger partial charge < -0.3 is 10.1 Å². The average molecular weight is 395 g/mol. The zero-order valence-electron chi connectivity index (χ0n) is 15.4. The molecule has 5 nitrogen and oxygen atoms in total. The van der Waals surface area contributed by atoms with E-state index in [0.29, 0.717) is 16.3 Å². The molecule has 1 aliphatic rings. The number of carbonyl (C=O) groups is 2. The van der Waals surface area contributed by atoms with Crippen molar-refractivity contribution in [2.24, 2.45) is 0 Å². The Hall–Kier alpha value is -2.92. The molecule has 0 fully saturated rings. The van der Waals surface area contributed by atoms with Crippen LogP contribution in [0.3, 0.4) is 0 Å². The minimum Gasteiger partial charge on any atom is -0.449 e. The average Bonchev–Trinajstić information content (AvgIpc) is 3.13. The van der Waals surface area contributed by atoms with Crippen LogP contribution in [0.4, 0.5) is 5.69 Å². The minimum absolute atomic E-state index is 0.411. The van der Waals surface area contributed by atoms with Crippen LogP contribution in [0, 0.1) is 0 Å². The van der Waals surface area contributed by atoms with Gasteiger partial charge >= 0.3 is 5.97 Å². The highest BCUT2D eigenvalue weighted by atomic mass is 35.5. The molecule has 0 radical (unpaired) electrons. The second-order valence-electron chi connectivity index (χ2n) is 6.83. The van der Waals surface area contributed by atoms with E-state index in [0.717, 1.165) is 41.4 Å². The van der Waals surface area contributed by atoms with Gasteiger partial charge in [-0.1, -0.05) is 35.9 Å². The van der Waals surface area contributed by atoms with Gasteiger partial charge in [-0.2, -0.15) is 0 Å². The van der Waals surface area contributed by atoms with Crippen molar-refractivity contribution in [3.05, 3.63) is 70.4 Å². The fourth-order valence-corrected chi connectivity index (χ4v) is 3.72. The summed E-state index contributed by atoms with van der Waals surface area (Å²) in [7, 11) is 0. The van der Waals surface area contributed by atoms with Crippen molar-refractivity contribution in [2.45, 2.75) is 32.3 Å². The van der Waals surface area contributed by atoms with Crippen molar-refractivity contribution >= 4 is 40.1 Å². The zero-order chi connectivity index (χ0) is 19.7. The first-order valence-electron chi connectivity index (χ1n) is 9.21. The molecule has 1 N–H and O–H groups in total. The van der Waals surface area contributed by atoms with Gasteiger partial charge in [-0.3, -0.25) is 9.78 Å². The van der Waals surface area contributed by atoms with Crippen molar-refractivity contribution in [1.29, 1.82) is 0 Å². The molecule has 4 rings (SSSR count). The summed E-state index contributed by atoms with van der Waals surface area (Å²) in [6, 6.07) is 14.3. The van der Waals surface area contributed by atoms with Gasteiger partial charge in [0.1, 0.15) is 0 Å². The van der Waals surface area contributed by atoms with E-state index in [1.54, 1.807) is 31.2 Å². The van der Waals surface area contributed by atoms with Gasteiger partial charge in [0, 0.05) is 21.8 Å². The molecule has 0 bridgehead atoms. The molecular weight excluding hydrogens is 376 g/mol. The third kappa shape index (κ3) is 3.58. The van der Waals surface area contributed by atoms with E-state index in [-0.39, 0.29) is 0 Å². The number of aryl methyl sites for hydroxylation is 1. The number of para-hydroxylation sites is 1. The summed E-state index contributed by atoms with van der Waals surface area (Å²) in [4.78, 5) is 30.1. The number of nitrogens with one attached hydrogen (secondary N) is 1. The van der Waals surface area contributed by atoms with Crippen LogP contribution in [0.15, 0.2) is 48.5 Å². The van der Waals surface area contributed by atoms with E-state index in [4.69, 9.17) is 16.3 Å². The smallest absolute Gasteiger partial charge is 0.339 e. The number of nitrogens with zero attached hydrogens (tertiary/aromatic N) is 1. The molecule has 1 heterocycles. The Morgan fingerprint density at radius 1 is 1.14 bits per heavy atom. The molecule has 0 saturated heterocycles. The first-order valence-corrected chi connectivity index (χ1v) is 9.58. The van der Waals surface area contributed by atoms with Crippen LogP contribution in [-0.4, -0.2) is 23.0 Å². The summed E-state index contributed by atoms with van der Waals surface area (Å²) in [5.41, 5.74) is 3.73. The number of anilines is 1. The topological polar surface area (TPSA) is 68.3 Å². The lowest BCUT2D eigenvalue weighted by Gasteiger charge is -2.16. The number of pyridine rings is 1. The number of carbonyl (C=O) groups excluding carboxylic acids is 2. The van der Waals surface area contributed by atoms with Gasteiger partial charge in [-0.25, -0.2) is 4.79 Å². The van der Waals surface area contributed by atoms with Crippen LogP contribution in [0.1, 0.15) is 35.0 Å². The van der Waals surface area contributed by atoms with E-state index >= 15 is 0 Å². The Bertz CT molecular complexity index is 1080. The number of halogens is 1. The molecule has 28 heavy (non-hydrogen) atoms. The molecule has 0 aliphatic heterocycles. The first-order chi connectivity index (χ1) is 13.5. The minimum atomic E-state index is -0.949. The molecule has 2 aromatic carbocycles. The normalized spacial score (nSPS) is 13.8. The molecule has 0 spiro atoms. The Morgan fingerprint density at radius 3 is 2.79 bits per heavy atom. The fourth-order valence-electron chi connectivity index (χ4n) is 3.53. The van der Waals surface area contributed by atoms with Crippen molar-refractivity contribution in [3.8, 4) is 0 Å². The summed E-state index contributed by atoms with van der Waals surface area (Å²) in [5.74, 6) is -0.906. The fraction of sp³-hybridized carbons (Fsp3) is 0.227. The summed E-state index contributed by atoms with van der Waals surface area (Å²) < 4.78 is 5.52. The third-order valence-corrected chi connectivity index (χ3v) is 5.10. The number of fused-ring (bicyclic) bond motifs is 2. The number of hydrogen-bond donors (Lipinski definition) is 1. The Balaban J connectivity index is 1.58. The Morgan fingerprint density at radius 2 is 1.96 bits per heavy atom. The molecule has 6 heteroatoms. The number of esters is 1. The molecule has 1 aliphatic carbocycles. The van der Waals surface area contributed by atoms with Crippen LogP contribution >= 0.6 is 11.6 Å². The largest absolute Gasteiger partial charge is 0.449 e. The quantitative estimate of drug-likeness (QED) is 0.658. The first kappa shape index (κ1) is 18.4. The molecule has 1 amide bonds. The molecule has 142 valence electrons. The number of hydrogen-bond acceptors (Lipinski definition) is 4. The van der Waals surface area contributed by atoms with Crippen LogP contribution in [0.2, 0.25) is 5.02 Å². The van der Waals surface area contributed by atoms with Crippen LogP contribution < -0.4 is 5.32 Å². The van der Waals surface area contributed by atoms with Crippen molar-refractivity contribution in [3.63, 3.8) is 0 Å². The van der Waals surface area contributed by atoms with Crippen molar-refractivity contribution < 1.29 is 14.3 Å². The SMILES string of the molecule is CC(OC(=O)c1c2c(nc3ccccc13)CCC2)C(=O)Nc1cccc(Cl)c1. The maximum atomic E-state index is 13.0. The van der Waals surface area contributed by atoms with Crippen LogP contribution in [-0.2, 0) is 22.4 Å². The maximum Gasteiger partial charge on any atom is 0.339 e. The lowest BCUT2D eigenvalue weighted by molar-refractivity contribution is -0.123. The maximum absolute atomic E-state index is 13.0. The van der Waals surface area contributed by atoms with E-state index < -0.39 is 18.0 Å². The molecular formula is C22H19ClN2O3. The highest BCUT2D eigenvalue weighted by Gasteiger charge is 2.27. The summed E-state index contributed by atoms with van der Waals surface area (Å²) in [6.45, 7) is 1.56. The van der Waals surface area contributed by atoms with Gasteiger partial charge in [-0.15, -0.1) is 0 Å². The van der Waals surface area contributed by atoms with Crippen molar-refractivity contribution in [1.82, 2.24) is 4.98 Å². The van der Waals surface area contributed by atoms with Crippen molar-refractivity contribution in [2.75, 3.05) is 5.32 Å². The van der Waals surface area contributed by atoms with Gasteiger partial charge in [-0.05, 0) is 56.0 Å². The monoisotopic (exact) mass is 394 g/mol. The summed E-state index contributed by atoms with van der Waals surface area (Å²) in [5, 5.41) is 3.99. The van der Waals surface area contributed by atoms with E-state index in [1.807, 2.05) is 24.3 Å². The molecule has 1 unspecified atom stereocenters. The molecule has 0 saturated carbocycles. The van der Waals surface area contributed by atoms with E-state index in [9.17, 15) is 9.59 Å². The highest BCUT2D eigenvalue weighted by molar-refractivity contribution is 6.30. The van der Waals surface area contributed by atoms with Crippen LogP contribution in [0.5, 0.6) is 0 Å². The van der Waals surface area contributed by atoms with Gasteiger partial charge in [0.2, 0.25) is 0 Å². The second kappa shape index (κ2) is 7.60. The Kier molecular flexibility index (Phi) is 5.01. The highest BCUT2D eigenvalue weighted by Crippen LogP contribution is 2.30. The zero-order valence-corrected chi connectivity index (χ0v) is 16.1. The number of rotatable bonds is 4. The van der Waals surface area contributed by atoms with Gasteiger partial charge in [0.05, 0.1) is 11.1 Å². The van der Waals surface area contributed by atoms with E-state index in [1.165, 1.54) is 0 Å². The predicted molar refractivity (Wildman–Crippen MR) is 109 cm³/mol. The van der Waals surface area contributed by atoms with Gasteiger partial charge in [0.25, 0.3) is 5.91 Å².